The lowest BCUT2D eigenvalue weighted by molar-refractivity contribution is -0.145. The summed E-state index contributed by atoms with van der Waals surface area (Å²) in [4.78, 5) is 60.0. The summed E-state index contributed by atoms with van der Waals surface area (Å²) in [6.45, 7) is 5.60. The van der Waals surface area contributed by atoms with Gasteiger partial charge >= 0.3 is 0 Å². The number of likely N-dealkylation sites (tertiary alicyclic amines) is 1. The zero-order valence-electron chi connectivity index (χ0n) is 27.2. The second-order valence-corrected chi connectivity index (χ2v) is 14.7. The molecule has 1 saturated carbocycles. The summed E-state index contributed by atoms with van der Waals surface area (Å²) in [7, 11) is 0. The summed E-state index contributed by atoms with van der Waals surface area (Å²) in [5.41, 5.74) is 1.01. The van der Waals surface area contributed by atoms with Gasteiger partial charge in [-0.15, -0.1) is 0 Å². The average molecular weight is 636 g/mol. The van der Waals surface area contributed by atoms with Gasteiger partial charge in [-0.25, -0.2) is 0 Å². The van der Waals surface area contributed by atoms with Crippen LogP contribution in [0.2, 0.25) is 0 Å². The van der Waals surface area contributed by atoms with Gasteiger partial charge < -0.3 is 5.11 Å². The number of ketones is 2. The number of aromatic hydroxyl groups is 1. The van der Waals surface area contributed by atoms with Crippen LogP contribution in [0, 0.1) is 23.7 Å². The molecule has 0 aromatic heterocycles. The number of Topliss-reactive ketones (excluding diaryl/α,β-unsaturated/α-hetero) is 1. The lowest BCUT2D eigenvalue weighted by Crippen LogP contribution is -2.59. The Kier molecular flexibility index (Phi) is 6.75. The molecule has 4 aliphatic rings. The van der Waals surface area contributed by atoms with E-state index in [1.807, 2.05) is 118 Å². The molecule has 2 fully saturated rings. The second-order valence-electron chi connectivity index (χ2n) is 14.7. The highest BCUT2D eigenvalue weighted by molar-refractivity contribution is 6.32. The van der Waals surface area contributed by atoms with Crippen LogP contribution >= 0.6 is 0 Å². The molecule has 1 aliphatic heterocycles. The zero-order valence-corrected chi connectivity index (χ0v) is 27.2. The van der Waals surface area contributed by atoms with E-state index in [2.05, 4.69) is 0 Å². The van der Waals surface area contributed by atoms with E-state index >= 15 is 9.59 Å². The van der Waals surface area contributed by atoms with Gasteiger partial charge in [0.05, 0.1) is 17.3 Å². The number of benzene rings is 4. The van der Waals surface area contributed by atoms with Gasteiger partial charge in [0.1, 0.15) is 5.75 Å². The Bertz CT molecular complexity index is 2090. The molecule has 240 valence electrons. The van der Waals surface area contributed by atoms with E-state index in [-0.39, 0.29) is 35.6 Å². The molecule has 1 heterocycles. The van der Waals surface area contributed by atoms with E-state index in [4.69, 9.17) is 0 Å². The van der Waals surface area contributed by atoms with Crippen molar-refractivity contribution in [1.29, 1.82) is 0 Å². The van der Waals surface area contributed by atoms with Crippen LogP contribution in [0.3, 0.4) is 0 Å². The zero-order chi connectivity index (χ0) is 33.5. The molecule has 0 radical (unpaired) electrons. The first kappa shape index (κ1) is 30.2. The van der Waals surface area contributed by atoms with Gasteiger partial charge in [-0.1, -0.05) is 103 Å². The number of fused-ring (bicyclic) bond motifs is 5. The smallest absolute Gasteiger partial charge is 0.234 e. The standard InChI is InChI=1S/C42H37NO5/c1-41(2,3)43-39(47)29-20-19-28-31(35(29)40(43)48)22-32-38(46)30(24-12-6-4-7-13-24)23-34(45)42(32,26-15-8-5-9-16-26)37(28)36-27-17-11-10-14-25(27)18-21-33(36)44/h4-19,21,23,29,31-32,35,37,44H,20,22H2,1-3H3/t29-,31+,32-,35-,37+,42-/m0/s1. The highest BCUT2D eigenvalue weighted by Crippen LogP contribution is 2.65. The third-order valence-electron chi connectivity index (χ3n) is 11.3. The Morgan fingerprint density at radius 1 is 0.771 bits per heavy atom. The van der Waals surface area contributed by atoms with Gasteiger partial charge in [0, 0.05) is 28.5 Å². The van der Waals surface area contributed by atoms with E-state index in [1.54, 1.807) is 6.07 Å². The van der Waals surface area contributed by atoms with Gasteiger partial charge in [-0.05, 0) is 73.6 Å². The normalized spacial score (nSPS) is 28.5. The molecule has 6 atom stereocenters. The molecular formula is C42H37NO5. The van der Waals surface area contributed by atoms with Crippen molar-refractivity contribution in [3.8, 4) is 5.75 Å². The highest BCUT2D eigenvalue weighted by Gasteiger charge is 2.66. The molecule has 2 amide bonds. The minimum atomic E-state index is -1.40. The van der Waals surface area contributed by atoms with Gasteiger partial charge in [0.25, 0.3) is 0 Å². The monoisotopic (exact) mass is 635 g/mol. The molecule has 6 nitrogen and oxygen atoms in total. The van der Waals surface area contributed by atoms with E-state index < -0.39 is 40.5 Å². The Morgan fingerprint density at radius 2 is 1.44 bits per heavy atom. The third-order valence-corrected chi connectivity index (χ3v) is 11.3. The van der Waals surface area contributed by atoms with Crippen LogP contribution in [0.4, 0.5) is 0 Å². The number of hydrogen-bond acceptors (Lipinski definition) is 5. The predicted octanol–water partition coefficient (Wildman–Crippen LogP) is 7.17. The minimum Gasteiger partial charge on any atom is -0.508 e. The molecule has 4 aromatic rings. The van der Waals surface area contributed by atoms with Crippen LogP contribution < -0.4 is 0 Å². The summed E-state index contributed by atoms with van der Waals surface area (Å²) >= 11 is 0. The van der Waals surface area contributed by atoms with E-state index in [0.29, 0.717) is 28.7 Å². The van der Waals surface area contributed by atoms with Gasteiger partial charge in [0.15, 0.2) is 11.6 Å². The first-order valence-electron chi connectivity index (χ1n) is 16.7. The van der Waals surface area contributed by atoms with Crippen LogP contribution in [0.25, 0.3) is 16.3 Å². The van der Waals surface area contributed by atoms with E-state index in [9.17, 15) is 14.7 Å². The molecule has 3 aliphatic carbocycles. The van der Waals surface area contributed by atoms with Gasteiger partial charge in [0.2, 0.25) is 11.8 Å². The van der Waals surface area contributed by atoms with Crippen LogP contribution in [-0.2, 0) is 24.6 Å². The van der Waals surface area contributed by atoms with Crippen molar-refractivity contribution >= 4 is 39.7 Å². The van der Waals surface area contributed by atoms with Gasteiger partial charge in [-0.3, -0.25) is 24.1 Å². The number of hydrogen-bond donors (Lipinski definition) is 1. The predicted molar refractivity (Wildman–Crippen MR) is 184 cm³/mol. The Balaban J connectivity index is 1.45. The van der Waals surface area contributed by atoms with Crippen molar-refractivity contribution in [2.45, 2.75) is 50.5 Å². The number of carbonyl (C=O) groups is 4. The van der Waals surface area contributed by atoms with Crippen LogP contribution in [0.15, 0.2) is 115 Å². The average Bonchev–Trinajstić information content (AvgIpc) is 3.36. The summed E-state index contributed by atoms with van der Waals surface area (Å²) in [6.07, 6.45) is 4.13. The highest BCUT2D eigenvalue weighted by atomic mass is 16.3. The van der Waals surface area contributed by atoms with Crippen LogP contribution in [0.1, 0.15) is 56.2 Å². The van der Waals surface area contributed by atoms with Crippen molar-refractivity contribution in [2.24, 2.45) is 23.7 Å². The topological polar surface area (TPSA) is 91.8 Å². The first-order chi connectivity index (χ1) is 23.0. The summed E-state index contributed by atoms with van der Waals surface area (Å²) in [6, 6.07) is 30.0. The fraction of sp³-hybridized carbons (Fsp3) is 0.286. The Morgan fingerprint density at radius 3 is 2.15 bits per heavy atom. The summed E-state index contributed by atoms with van der Waals surface area (Å²) in [5, 5.41) is 13.5. The fourth-order valence-corrected chi connectivity index (χ4v) is 9.44. The summed E-state index contributed by atoms with van der Waals surface area (Å²) in [5.74, 6) is -4.09. The Hall–Kier alpha value is -5.10. The number of carbonyl (C=O) groups excluding carboxylic acids is 4. The largest absolute Gasteiger partial charge is 0.508 e. The number of nitrogens with zero attached hydrogens (tertiary/aromatic N) is 1. The molecule has 1 saturated heterocycles. The molecule has 48 heavy (non-hydrogen) atoms. The summed E-state index contributed by atoms with van der Waals surface area (Å²) < 4.78 is 0. The number of phenolic OH excluding ortho intramolecular Hbond substituents is 1. The molecule has 1 N–H and O–H groups in total. The molecule has 8 rings (SSSR count). The van der Waals surface area contributed by atoms with Crippen molar-refractivity contribution in [3.63, 3.8) is 0 Å². The third kappa shape index (κ3) is 4.11. The number of rotatable bonds is 3. The van der Waals surface area contributed by atoms with E-state index in [1.165, 1.54) is 11.0 Å². The SMILES string of the molecule is CC(C)(C)N1C(=O)[C@H]2[C@H](CC=C3[C@H]2C[C@H]2C(=O)C(c4ccccc4)=CC(=O)[C@@]2(c2ccccc2)[C@H]3c2c(O)ccc3ccccc23)C1=O. The van der Waals surface area contributed by atoms with Crippen LogP contribution in [0.5, 0.6) is 5.75 Å². The lowest BCUT2D eigenvalue weighted by Gasteiger charge is -2.55. The number of imide groups is 1. The number of phenols is 1. The fourth-order valence-electron chi connectivity index (χ4n) is 9.44. The van der Waals surface area contributed by atoms with E-state index in [0.717, 1.165) is 16.3 Å². The number of allylic oxidation sites excluding steroid dienone is 4. The van der Waals surface area contributed by atoms with Crippen molar-refractivity contribution in [1.82, 2.24) is 4.90 Å². The maximum absolute atomic E-state index is 15.2. The van der Waals surface area contributed by atoms with Gasteiger partial charge in [-0.2, -0.15) is 0 Å². The first-order valence-corrected chi connectivity index (χ1v) is 16.7. The van der Waals surface area contributed by atoms with Crippen molar-refractivity contribution in [2.75, 3.05) is 0 Å². The molecule has 0 unspecified atom stereocenters. The van der Waals surface area contributed by atoms with Crippen LogP contribution in [-0.4, -0.2) is 38.9 Å². The quantitative estimate of drug-likeness (QED) is 0.190. The second kappa shape index (κ2) is 10.7. The molecule has 6 heteroatoms. The lowest BCUT2D eigenvalue weighted by atomic mass is 9.44. The molecule has 0 spiro atoms. The molecule has 4 aromatic carbocycles. The maximum atomic E-state index is 15.2. The number of amides is 2. The molecule has 0 bridgehead atoms. The maximum Gasteiger partial charge on any atom is 0.234 e. The Labute approximate surface area is 279 Å². The van der Waals surface area contributed by atoms with Crippen molar-refractivity contribution in [3.05, 3.63) is 131 Å². The minimum absolute atomic E-state index is 0.0275. The molecular weight excluding hydrogens is 598 g/mol. The van der Waals surface area contributed by atoms with Crippen molar-refractivity contribution < 1.29 is 24.3 Å².